The largest absolute Gasteiger partial charge is 0.356 e. The van der Waals surface area contributed by atoms with Crippen LogP contribution in [0.5, 0.6) is 0 Å². The minimum Gasteiger partial charge on any atom is -0.356 e. The van der Waals surface area contributed by atoms with Crippen LogP contribution < -0.4 is 10.6 Å². The molecule has 2 amide bonds. The van der Waals surface area contributed by atoms with E-state index in [1.807, 2.05) is 20.8 Å². The lowest BCUT2D eigenvalue weighted by Gasteiger charge is -2.07. The summed E-state index contributed by atoms with van der Waals surface area (Å²) in [5, 5.41) is 5.85. The van der Waals surface area contributed by atoms with Gasteiger partial charge in [0.25, 0.3) is 0 Å². The molecule has 0 aliphatic rings. The standard InChI is InChI=1S/C23H42N2O4/c1-4-20(26)13-7-9-15-22(28)24-17-11-5-6-12-18-25-23(29)16-10-8-14-21(27)19(2)3/h19H,4-18H2,1-3H3,(H,24,28)(H,25,29). The topological polar surface area (TPSA) is 92.3 Å². The summed E-state index contributed by atoms with van der Waals surface area (Å²) in [5.41, 5.74) is 0. The molecule has 0 atom stereocenters. The summed E-state index contributed by atoms with van der Waals surface area (Å²) in [4.78, 5) is 46.1. The summed E-state index contributed by atoms with van der Waals surface area (Å²) in [6, 6.07) is 0. The highest BCUT2D eigenvalue weighted by atomic mass is 16.2. The van der Waals surface area contributed by atoms with Crippen LogP contribution in [0.2, 0.25) is 0 Å². The highest BCUT2D eigenvalue weighted by Gasteiger charge is 2.07. The van der Waals surface area contributed by atoms with Crippen molar-refractivity contribution in [2.75, 3.05) is 13.1 Å². The predicted octanol–water partition coefficient (Wildman–Crippen LogP) is 4.10. The Kier molecular flexibility index (Phi) is 17.2. The molecular weight excluding hydrogens is 368 g/mol. The lowest BCUT2D eigenvalue weighted by molar-refractivity contribution is -0.123. The molecular formula is C23H42N2O4. The van der Waals surface area contributed by atoms with Crippen LogP contribution in [0.25, 0.3) is 0 Å². The summed E-state index contributed by atoms with van der Waals surface area (Å²) in [5.74, 6) is 0.746. The number of amides is 2. The first-order chi connectivity index (χ1) is 13.9. The molecule has 168 valence electrons. The summed E-state index contributed by atoms with van der Waals surface area (Å²) in [6.07, 6.45) is 9.76. The van der Waals surface area contributed by atoms with Crippen molar-refractivity contribution in [3.05, 3.63) is 0 Å². The number of unbranched alkanes of at least 4 members (excludes halogenated alkanes) is 5. The van der Waals surface area contributed by atoms with E-state index < -0.39 is 0 Å². The number of carbonyl (C=O) groups excluding carboxylic acids is 4. The minimum absolute atomic E-state index is 0.0647. The fraction of sp³-hybridized carbons (Fsp3) is 0.826. The maximum absolute atomic E-state index is 11.7. The van der Waals surface area contributed by atoms with E-state index in [1.165, 1.54) is 0 Å². The van der Waals surface area contributed by atoms with E-state index in [0.29, 0.717) is 45.2 Å². The second kappa shape index (κ2) is 18.3. The van der Waals surface area contributed by atoms with Gasteiger partial charge in [0.2, 0.25) is 11.8 Å². The van der Waals surface area contributed by atoms with Crippen molar-refractivity contribution in [1.82, 2.24) is 10.6 Å². The first-order valence-corrected chi connectivity index (χ1v) is 11.4. The second-order valence-electron chi connectivity index (χ2n) is 8.04. The van der Waals surface area contributed by atoms with Gasteiger partial charge < -0.3 is 10.6 Å². The third kappa shape index (κ3) is 18.1. The Bertz CT molecular complexity index is 489. The molecule has 0 saturated heterocycles. The van der Waals surface area contributed by atoms with Crippen molar-refractivity contribution in [3.63, 3.8) is 0 Å². The van der Waals surface area contributed by atoms with Gasteiger partial charge in [-0.15, -0.1) is 0 Å². The summed E-state index contributed by atoms with van der Waals surface area (Å²) >= 11 is 0. The third-order valence-electron chi connectivity index (χ3n) is 4.97. The van der Waals surface area contributed by atoms with Crippen LogP contribution in [-0.2, 0) is 19.2 Å². The van der Waals surface area contributed by atoms with Crippen LogP contribution in [-0.4, -0.2) is 36.5 Å². The van der Waals surface area contributed by atoms with E-state index in [9.17, 15) is 19.2 Å². The molecule has 0 rings (SSSR count). The number of hydrogen-bond donors (Lipinski definition) is 2. The molecule has 0 radical (unpaired) electrons. The summed E-state index contributed by atoms with van der Waals surface area (Å²) in [7, 11) is 0. The van der Waals surface area contributed by atoms with E-state index >= 15 is 0 Å². The maximum Gasteiger partial charge on any atom is 0.219 e. The van der Waals surface area contributed by atoms with Crippen LogP contribution in [0.3, 0.4) is 0 Å². The van der Waals surface area contributed by atoms with Gasteiger partial charge in [-0.3, -0.25) is 19.2 Å². The minimum atomic E-state index is 0.0647. The third-order valence-corrected chi connectivity index (χ3v) is 4.97. The van der Waals surface area contributed by atoms with Crippen LogP contribution >= 0.6 is 0 Å². The Morgan fingerprint density at radius 3 is 1.52 bits per heavy atom. The Morgan fingerprint density at radius 2 is 1.07 bits per heavy atom. The normalized spacial score (nSPS) is 10.8. The number of ketones is 2. The van der Waals surface area contributed by atoms with Gasteiger partial charge in [-0.2, -0.15) is 0 Å². The Morgan fingerprint density at radius 1 is 0.621 bits per heavy atom. The van der Waals surface area contributed by atoms with E-state index in [0.717, 1.165) is 51.4 Å². The Hall–Kier alpha value is -1.72. The summed E-state index contributed by atoms with van der Waals surface area (Å²) < 4.78 is 0. The molecule has 6 nitrogen and oxygen atoms in total. The van der Waals surface area contributed by atoms with Gasteiger partial charge in [0.15, 0.2) is 0 Å². The first kappa shape index (κ1) is 27.3. The van der Waals surface area contributed by atoms with Gasteiger partial charge in [0.1, 0.15) is 11.6 Å². The second-order valence-corrected chi connectivity index (χ2v) is 8.04. The molecule has 0 bridgehead atoms. The van der Waals surface area contributed by atoms with Crippen molar-refractivity contribution >= 4 is 23.4 Å². The zero-order valence-corrected chi connectivity index (χ0v) is 18.8. The lowest BCUT2D eigenvalue weighted by Crippen LogP contribution is -2.25. The van der Waals surface area contributed by atoms with Crippen LogP contribution in [0.1, 0.15) is 104 Å². The smallest absolute Gasteiger partial charge is 0.219 e. The summed E-state index contributed by atoms with van der Waals surface area (Å²) in [6.45, 7) is 7.05. The highest BCUT2D eigenvalue weighted by Crippen LogP contribution is 2.06. The van der Waals surface area contributed by atoms with Crippen molar-refractivity contribution in [1.29, 1.82) is 0 Å². The highest BCUT2D eigenvalue weighted by molar-refractivity contribution is 5.80. The zero-order chi connectivity index (χ0) is 21.9. The molecule has 0 unspecified atom stereocenters. The Labute approximate surface area is 177 Å². The van der Waals surface area contributed by atoms with Crippen LogP contribution in [0.15, 0.2) is 0 Å². The average molecular weight is 411 g/mol. The molecule has 0 saturated carbocycles. The molecule has 0 aromatic carbocycles. The first-order valence-electron chi connectivity index (χ1n) is 11.4. The quantitative estimate of drug-likeness (QED) is 0.314. The van der Waals surface area contributed by atoms with Crippen LogP contribution in [0.4, 0.5) is 0 Å². The molecule has 0 fully saturated rings. The molecule has 0 aliphatic carbocycles. The van der Waals surface area contributed by atoms with Crippen molar-refractivity contribution in [3.8, 4) is 0 Å². The van der Waals surface area contributed by atoms with Gasteiger partial charge in [-0.05, 0) is 38.5 Å². The van der Waals surface area contributed by atoms with Gasteiger partial charge in [-0.25, -0.2) is 0 Å². The number of nitrogens with one attached hydrogen (secondary N) is 2. The molecule has 0 heterocycles. The van der Waals surface area contributed by atoms with E-state index in [-0.39, 0.29) is 29.3 Å². The van der Waals surface area contributed by atoms with Gasteiger partial charge in [0, 0.05) is 51.1 Å². The maximum atomic E-state index is 11.7. The Balaban J connectivity index is 3.39. The molecule has 29 heavy (non-hydrogen) atoms. The van der Waals surface area contributed by atoms with E-state index in [2.05, 4.69) is 10.6 Å². The van der Waals surface area contributed by atoms with Crippen molar-refractivity contribution in [2.24, 2.45) is 5.92 Å². The number of Topliss-reactive ketones (excluding diaryl/α,β-unsaturated/α-hetero) is 2. The number of carbonyl (C=O) groups is 4. The van der Waals surface area contributed by atoms with Crippen molar-refractivity contribution < 1.29 is 19.2 Å². The molecule has 0 spiro atoms. The van der Waals surface area contributed by atoms with Gasteiger partial charge >= 0.3 is 0 Å². The lowest BCUT2D eigenvalue weighted by atomic mass is 10.0. The average Bonchev–Trinajstić information content (AvgIpc) is 2.69. The SMILES string of the molecule is CCC(=O)CCCCC(=O)NCCCCCCNC(=O)CCCCC(=O)C(C)C. The molecule has 6 heteroatoms. The number of rotatable bonds is 19. The van der Waals surface area contributed by atoms with Gasteiger partial charge in [0.05, 0.1) is 0 Å². The van der Waals surface area contributed by atoms with E-state index in [4.69, 9.17) is 0 Å². The van der Waals surface area contributed by atoms with Crippen molar-refractivity contribution in [2.45, 2.75) is 104 Å². The number of hydrogen-bond acceptors (Lipinski definition) is 4. The van der Waals surface area contributed by atoms with E-state index in [1.54, 1.807) is 0 Å². The molecule has 0 aromatic rings. The van der Waals surface area contributed by atoms with Crippen LogP contribution in [0, 0.1) is 5.92 Å². The van der Waals surface area contributed by atoms with Gasteiger partial charge in [-0.1, -0.05) is 33.6 Å². The fourth-order valence-electron chi connectivity index (χ4n) is 2.89. The molecule has 0 aliphatic heterocycles. The predicted molar refractivity (Wildman–Crippen MR) is 117 cm³/mol. The molecule has 2 N–H and O–H groups in total. The monoisotopic (exact) mass is 410 g/mol. The zero-order valence-electron chi connectivity index (χ0n) is 18.8. The fourth-order valence-corrected chi connectivity index (χ4v) is 2.89. The molecule has 0 aromatic heterocycles.